The predicted octanol–water partition coefficient (Wildman–Crippen LogP) is 5.67. The zero-order valence-corrected chi connectivity index (χ0v) is 20.9. The van der Waals surface area contributed by atoms with Crippen LogP contribution in [0.2, 0.25) is 0 Å². The molecule has 0 spiro atoms. The fraction of sp³-hybridized carbons (Fsp3) is 0.233. The lowest BCUT2D eigenvalue weighted by Gasteiger charge is -2.10. The molecule has 1 aromatic heterocycles. The number of carbonyl (C=O) groups excluding carboxylic acids is 1. The van der Waals surface area contributed by atoms with E-state index in [1.165, 1.54) is 4.57 Å². The third kappa shape index (κ3) is 5.77. The summed E-state index contributed by atoms with van der Waals surface area (Å²) in [5, 5.41) is 9.49. The maximum absolute atomic E-state index is 15.5. The van der Waals surface area contributed by atoms with Gasteiger partial charge in [0.15, 0.2) is 0 Å². The smallest absolute Gasteiger partial charge is 0.337 e. The van der Waals surface area contributed by atoms with Gasteiger partial charge in [0.1, 0.15) is 0 Å². The number of nitrogens with zero attached hydrogens (tertiary/aromatic N) is 2. The first-order valence-electron chi connectivity index (χ1n) is 12.2. The Labute approximate surface area is 214 Å². The Morgan fingerprint density at radius 3 is 2.19 bits per heavy atom. The van der Waals surface area contributed by atoms with E-state index in [9.17, 15) is 19.5 Å². The van der Waals surface area contributed by atoms with Gasteiger partial charge in [0.05, 0.1) is 24.2 Å². The molecule has 4 aromatic rings. The fourth-order valence-electron chi connectivity index (χ4n) is 4.35. The second kappa shape index (κ2) is 11.2. The maximum atomic E-state index is 15.5. The zero-order valence-electron chi connectivity index (χ0n) is 20.9. The Morgan fingerprint density at radius 1 is 0.892 bits per heavy atom. The van der Waals surface area contributed by atoms with E-state index >= 15 is 4.39 Å². The number of halogens is 1. The van der Waals surface area contributed by atoms with Crippen molar-refractivity contribution >= 4 is 11.9 Å². The number of carboxylic acids is 1. The van der Waals surface area contributed by atoms with Crippen molar-refractivity contribution in [3.05, 3.63) is 118 Å². The van der Waals surface area contributed by atoms with E-state index in [1.54, 1.807) is 72.8 Å². The Bertz CT molecular complexity index is 1470. The number of rotatable bonds is 9. The van der Waals surface area contributed by atoms with E-state index in [0.29, 0.717) is 34.5 Å². The van der Waals surface area contributed by atoms with Gasteiger partial charge in [-0.3, -0.25) is 9.36 Å². The molecule has 37 heavy (non-hydrogen) atoms. The van der Waals surface area contributed by atoms with Gasteiger partial charge in [0.25, 0.3) is 0 Å². The topological polar surface area (TPSA) is 81.3 Å². The first-order valence-corrected chi connectivity index (χ1v) is 12.2. The lowest BCUT2D eigenvalue weighted by Crippen LogP contribution is -2.31. The van der Waals surface area contributed by atoms with E-state index < -0.39 is 23.5 Å². The first kappa shape index (κ1) is 25.8. The molecule has 0 bridgehead atoms. The largest absolute Gasteiger partial charge is 0.478 e. The van der Waals surface area contributed by atoms with Crippen LogP contribution in [0.1, 0.15) is 52.2 Å². The molecule has 0 aliphatic heterocycles. The van der Waals surface area contributed by atoms with Gasteiger partial charge in [0, 0.05) is 0 Å². The van der Waals surface area contributed by atoms with Gasteiger partial charge < -0.3 is 5.11 Å². The summed E-state index contributed by atoms with van der Waals surface area (Å²) in [5.74, 6) is -2.14. The van der Waals surface area contributed by atoms with Crippen molar-refractivity contribution in [1.29, 1.82) is 0 Å². The number of aromatic nitrogens is 2. The average molecular weight is 501 g/mol. The van der Waals surface area contributed by atoms with Crippen LogP contribution in [0, 0.1) is 11.9 Å². The van der Waals surface area contributed by atoms with Gasteiger partial charge in [-0.2, -0.15) is 4.39 Å². The summed E-state index contributed by atoms with van der Waals surface area (Å²) in [6.45, 7) is 4.13. The Morgan fingerprint density at radius 2 is 1.54 bits per heavy atom. The van der Waals surface area contributed by atoms with Gasteiger partial charge in [0.2, 0.25) is 11.9 Å². The van der Waals surface area contributed by atoms with Crippen LogP contribution in [0.5, 0.6) is 0 Å². The molecule has 4 rings (SSSR count). The molecule has 3 aromatic carbocycles. The number of hydrogen-bond donors (Lipinski definition) is 1. The summed E-state index contributed by atoms with van der Waals surface area (Å²) in [6.07, 6.45) is 0.912. The second-order valence-electron chi connectivity index (χ2n) is 9.48. The number of benzene rings is 3. The summed E-state index contributed by atoms with van der Waals surface area (Å²) in [5.41, 5.74) is 2.44. The number of carbonyl (C=O) groups is 2. The molecule has 6 nitrogen and oxygen atoms in total. The van der Waals surface area contributed by atoms with E-state index in [-0.39, 0.29) is 24.2 Å². The lowest BCUT2D eigenvalue weighted by atomic mass is 9.98. The molecule has 0 aliphatic rings. The highest BCUT2D eigenvalue weighted by Gasteiger charge is 2.24. The third-order valence-corrected chi connectivity index (χ3v) is 6.35. The SMILES string of the molecule is CC(C)CCc1c(F)n(C(=O)Cc2ccccc2)c(=O)n1Cc1ccc(-c2ccccc2C(=O)O)cc1. The van der Waals surface area contributed by atoms with Crippen molar-refractivity contribution in [3.8, 4) is 11.1 Å². The highest BCUT2D eigenvalue weighted by atomic mass is 19.1. The minimum absolute atomic E-state index is 0.0804. The fourth-order valence-corrected chi connectivity index (χ4v) is 4.35. The monoisotopic (exact) mass is 500 g/mol. The maximum Gasteiger partial charge on any atom is 0.337 e. The highest BCUT2D eigenvalue weighted by molar-refractivity contribution is 5.96. The summed E-state index contributed by atoms with van der Waals surface area (Å²) in [7, 11) is 0. The quantitative estimate of drug-likeness (QED) is 0.321. The molecular formula is C30H29FN2O4. The van der Waals surface area contributed by atoms with Crippen molar-refractivity contribution in [3.63, 3.8) is 0 Å². The van der Waals surface area contributed by atoms with E-state index in [0.717, 1.165) is 11.1 Å². The van der Waals surface area contributed by atoms with Crippen LogP contribution in [-0.4, -0.2) is 26.1 Å². The van der Waals surface area contributed by atoms with Crippen LogP contribution < -0.4 is 5.69 Å². The van der Waals surface area contributed by atoms with Gasteiger partial charge >= 0.3 is 11.7 Å². The zero-order chi connectivity index (χ0) is 26.5. The molecule has 0 atom stereocenters. The number of aromatic carboxylic acids is 1. The molecule has 1 heterocycles. The van der Waals surface area contributed by atoms with E-state index in [4.69, 9.17) is 0 Å². The molecular weight excluding hydrogens is 471 g/mol. The molecule has 0 aliphatic carbocycles. The summed E-state index contributed by atoms with van der Waals surface area (Å²) in [4.78, 5) is 37.8. The number of carboxylic acid groups (broad SMARTS) is 1. The summed E-state index contributed by atoms with van der Waals surface area (Å²) in [6, 6.07) is 22.8. The summed E-state index contributed by atoms with van der Waals surface area (Å²) >= 11 is 0. The molecule has 0 unspecified atom stereocenters. The van der Waals surface area contributed by atoms with Crippen LogP contribution in [0.15, 0.2) is 83.7 Å². The third-order valence-electron chi connectivity index (χ3n) is 6.35. The van der Waals surface area contributed by atoms with Crippen LogP contribution >= 0.6 is 0 Å². The molecule has 0 radical (unpaired) electrons. The number of imidazole rings is 1. The van der Waals surface area contributed by atoms with Gasteiger partial charge in [-0.25, -0.2) is 14.2 Å². The van der Waals surface area contributed by atoms with Crippen molar-refractivity contribution in [2.24, 2.45) is 5.92 Å². The first-order chi connectivity index (χ1) is 17.8. The van der Waals surface area contributed by atoms with Gasteiger partial charge in [-0.05, 0) is 47.1 Å². The highest BCUT2D eigenvalue weighted by Crippen LogP contribution is 2.25. The Hall–Kier alpha value is -4.26. The van der Waals surface area contributed by atoms with Crippen LogP contribution in [0.4, 0.5) is 4.39 Å². The normalized spacial score (nSPS) is 11.1. The minimum atomic E-state index is -1.02. The van der Waals surface area contributed by atoms with Crippen molar-refractivity contribution in [2.45, 2.75) is 39.7 Å². The lowest BCUT2D eigenvalue weighted by molar-refractivity contribution is 0.0697. The standard InChI is InChI=1S/C30H29FN2O4/c1-20(2)12-17-26-28(31)33(27(34)18-21-8-4-3-5-9-21)30(37)32(26)19-22-13-15-23(16-14-22)24-10-6-7-11-25(24)29(35)36/h3-11,13-16,20H,12,17-19H2,1-2H3,(H,35,36). The van der Waals surface area contributed by atoms with Crippen LogP contribution in [0.25, 0.3) is 11.1 Å². The van der Waals surface area contributed by atoms with Crippen molar-refractivity contribution < 1.29 is 19.1 Å². The predicted molar refractivity (Wildman–Crippen MR) is 141 cm³/mol. The molecule has 0 saturated heterocycles. The average Bonchev–Trinajstić information content (AvgIpc) is 3.12. The van der Waals surface area contributed by atoms with Crippen molar-refractivity contribution in [1.82, 2.24) is 9.13 Å². The van der Waals surface area contributed by atoms with Crippen LogP contribution in [-0.2, 0) is 19.4 Å². The molecule has 0 amide bonds. The second-order valence-corrected chi connectivity index (χ2v) is 9.48. The van der Waals surface area contributed by atoms with Gasteiger partial charge in [-0.15, -0.1) is 0 Å². The summed E-state index contributed by atoms with van der Waals surface area (Å²) < 4.78 is 17.5. The van der Waals surface area contributed by atoms with Crippen LogP contribution in [0.3, 0.4) is 0 Å². The Kier molecular flexibility index (Phi) is 7.82. The van der Waals surface area contributed by atoms with Crippen molar-refractivity contribution in [2.75, 3.05) is 0 Å². The Balaban J connectivity index is 1.67. The molecule has 0 fully saturated rings. The molecule has 7 heteroatoms. The molecule has 0 saturated carbocycles. The van der Waals surface area contributed by atoms with E-state index in [1.807, 2.05) is 19.9 Å². The van der Waals surface area contributed by atoms with E-state index in [2.05, 4.69) is 0 Å². The van der Waals surface area contributed by atoms with Gasteiger partial charge in [-0.1, -0.05) is 86.6 Å². The molecule has 190 valence electrons. The molecule has 1 N–H and O–H groups in total. The minimum Gasteiger partial charge on any atom is -0.478 e. The number of hydrogen-bond acceptors (Lipinski definition) is 3.